The van der Waals surface area contributed by atoms with E-state index in [-0.39, 0.29) is 6.10 Å². The van der Waals surface area contributed by atoms with E-state index in [9.17, 15) is 4.79 Å². The van der Waals surface area contributed by atoms with Crippen molar-refractivity contribution >= 4 is 58.3 Å². The zero-order valence-electron chi connectivity index (χ0n) is 7.96. The predicted molar refractivity (Wildman–Crippen MR) is 63.9 cm³/mol. The minimum atomic E-state index is -1.80. The van der Waals surface area contributed by atoms with E-state index in [1.807, 2.05) is 5.16 Å². The highest BCUT2D eigenvalue weighted by Crippen LogP contribution is 2.30. The number of ether oxygens (including phenoxy) is 1. The molecule has 0 saturated carbocycles. The lowest BCUT2D eigenvalue weighted by Crippen LogP contribution is -2.43. The van der Waals surface area contributed by atoms with E-state index in [0.717, 1.165) is 0 Å². The topological polar surface area (TPSA) is 50.7 Å². The van der Waals surface area contributed by atoms with E-state index < -0.39 is 16.1 Å². The van der Waals surface area contributed by atoms with Crippen molar-refractivity contribution in [3.8, 4) is 0 Å². The van der Waals surface area contributed by atoms with E-state index in [1.54, 1.807) is 13.8 Å². The Bertz CT molecular complexity index is 274. The molecular weight excluding hydrogens is 283 g/mol. The van der Waals surface area contributed by atoms with Gasteiger partial charge in [-0.1, -0.05) is 34.8 Å². The molecule has 15 heavy (non-hydrogen) atoms. The lowest BCUT2D eigenvalue weighted by atomic mass is 10.5. The fourth-order valence-electron chi connectivity index (χ4n) is 0.600. The van der Waals surface area contributed by atoms with Gasteiger partial charge in [-0.25, -0.2) is 9.79 Å². The van der Waals surface area contributed by atoms with Crippen LogP contribution in [-0.2, 0) is 4.74 Å². The molecule has 0 fully saturated rings. The molecule has 0 aliphatic carbocycles. The number of hydrogen-bond acceptors (Lipinski definition) is 4. The first-order chi connectivity index (χ1) is 6.77. The molecule has 0 spiro atoms. The maximum atomic E-state index is 11.2. The molecule has 86 valence electrons. The molecule has 0 aromatic rings. The molecule has 0 unspecified atom stereocenters. The molecule has 1 atom stereocenters. The Hall–Kier alpha value is -0.0600. The van der Waals surface area contributed by atoms with Gasteiger partial charge in [0.2, 0.25) is 3.79 Å². The standard InChI is InChI=1S/C7H9Cl3N2O2S/c1-4(2)14-6(13)12-5(11-3-15)7(8,9)10/h4-5H,1-2H3,(H,12,13)/t5-/m1/s1. The van der Waals surface area contributed by atoms with Crippen LogP contribution in [0.4, 0.5) is 4.79 Å². The highest BCUT2D eigenvalue weighted by molar-refractivity contribution is 7.78. The van der Waals surface area contributed by atoms with Crippen LogP contribution in [0.15, 0.2) is 4.99 Å². The second-order valence-corrected chi connectivity index (χ2v) is 5.31. The number of alkyl halides is 3. The fourth-order valence-corrected chi connectivity index (χ4v) is 1.02. The molecule has 0 heterocycles. The zero-order chi connectivity index (χ0) is 12.1. The van der Waals surface area contributed by atoms with Crippen molar-refractivity contribution in [3.05, 3.63) is 0 Å². The summed E-state index contributed by atoms with van der Waals surface area (Å²) in [6.07, 6.45) is -2.14. The number of aliphatic imine (C=N–C) groups is 1. The van der Waals surface area contributed by atoms with Crippen LogP contribution in [0.1, 0.15) is 13.8 Å². The molecule has 0 aliphatic rings. The van der Waals surface area contributed by atoms with Crippen LogP contribution in [0.5, 0.6) is 0 Å². The Morgan fingerprint density at radius 3 is 2.40 bits per heavy atom. The maximum Gasteiger partial charge on any atom is 0.409 e. The van der Waals surface area contributed by atoms with Crippen LogP contribution in [0.2, 0.25) is 0 Å². The van der Waals surface area contributed by atoms with Gasteiger partial charge in [0.1, 0.15) is 0 Å². The number of hydrogen-bond donors (Lipinski definition) is 1. The molecular formula is C7H9Cl3N2O2S. The third kappa shape index (κ3) is 6.93. The molecule has 1 amide bonds. The molecule has 0 aromatic heterocycles. The molecule has 0 radical (unpaired) electrons. The lowest BCUT2D eigenvalue weighted by Gasteiger charge is -2.20. The molecule has 0 bridgehead atoms. The lowest BCUT2D eigenvalue weighted by molar-refractivity contribution is 0.112. The zero-order valence-corrected chi connectivity index (χ0v) is 11.0. The first-order valence-corrected chi connectivity index (χ1v) is 5.42. The Labute approximate surface area is 108 Å². The van der Waals surface area contributed by atoms with Gasteiger partial charge in [0.25, 0.3) is 0 Å². The third-order valence-electron chi connectivity index (χ3n) is 1.09. The summed E-state index contributed by atoms with van der Waals surface area (Å²) in [7, 11) is 0. The van der Waals surface area contributed by atoms with Gasteiger partial charge in [-0.15, -0.1) is 0 Å². The monoisotopic (exact) mass is 290 g/mol. The van der Waals surface area contributed by atoms with E-state index >= 15 is 0 Å². The molecule has 0 saturated heterocycles. The van der Waals surface area contributed by atoms with Crippen molar-refractivity contribution in [2.24, 2.45) is 4.99 Å². The summed E-state index contributed by atoms with van der Waals surface area (Å²) in [4.78, 5) is 14.7. The van der Waals surface area contributed by atoms with E-state index in [1.165, 1.54) is 0 Å². The highest BCUT2D eigenvalue weighted by Gasteiger charge is 2.34. The summed E-state index contributed by atoms with van der Waals surface area (Å²) in [6, 6.07) is 0. The number of nitrogens with one attached hydrogen (secondary N) is 1. The van der Waals surface area contributed by atoms with Crippen LogP contribution >= 0.6 is 47.0 Å². The Kier molecular flexibility index (Phi) is 6.48. The van der Waals surface area contributed by atoms with Crippen LogP contribution in [0.25, 0.3) is 0 Å². The summed E-state index contributed by atoms with van der Waals surface area (Å²) in [5.74, 6) is 0. The van der Waals surface area contributed by atoms with E-state index in [4.69, 9.17) is 39.5 Å². The number of amides is 1. The van der Waals surface area contributed by atoms with Crippen LogP contribution in [0, 0.1) is 0 Å². The molecule has 0 aromatic carbocycles. The van der Waals surface area contributed by atoms with Crippen molar-refractivity contribution in [1.82, 2.24) is 5.32 Å². The van der Waals surface area contributed by atoms with E-state index in [2.05, 4.69) is 22.5 Å². The fraction of sp³-hybridized carbons (Fsp3) is 0.714. The maximum absolute atomic E-state index is 11.2. The minimum absolute atomic E-state index is 0.280. The summed E-state index contributed by atoms with van der Waals surface area (Å²) >= 11 is 21.0. The average molecular weight is 292 g/mol. The highest BCUT2D eigenvalue weighted by atomic mass is 35.6. The number of carbonyl (C=O) groups excluding carboxylic acids is 1. The Morgan fingerprint density at radius 2 is 2.07 bits per heavy atom. The van der Waals surface area contributed by atoms with Crippen LogP contribution in [-0.4, -0.2) is 27.3 Å². The molecule has 1 N–H and O–H groups in total. The van der Waals surface area contributed by atoms with Crippen molar-refractivity contribution in [2.45, 2.75) is 29.9 Å². The van der Waals surface area contributed by atoms with Crippen molar-refractivity contribution in [3.63, 3.8) is 0 Å². The summed E-state index contributed by atoms with van der Waals surface area (Å²) in [6.45, 7) is 3.37. The number of thiocarbonyl (C=S) groups is 1. The largest absolute Gasteiger partial charge is 0.447 e. The van der Waals surface area contributed by atoms with Crippen LogP contribution < -0.4 is 5.32 Å². The normalized spacial score (nSPS) is 12.9. The van der Waals surface area contributed by atoms with Gasteiger partial charge in [-0.3, -0.25) is 5.32 Å². The molecule has 0 rings (SSSR count). The number of halogens is 3. The smallest absolute Gasteiger partial charge is 0.409 e. The SMILES string of the molecule is CC(C)OC(=O)N[C@@H](N=C=S)C(Cl)(Cl)Cl. The predicted octanol–water partition coefficient (Wildman–Crippen LogP) is 2.92. The van der Waals surface area contributed by atoms with Gasteiger partial charge < -0.3 is 4.74 Å². The molecule has 0 aliphatic heterocycles. The van der Waals surface area contributed by atoms with Crippen molar-refractivity contribution in [2.75, 3.05) is 0 Å². The van der Waals surface area contributed by atoms with Gasteiger partial charge in [0, 0.05) is 0 Å². The van der Waals surface area contributed by atoms with Gasteiger partial charge in [-0.2, -0.15) is 0 Å². The van der Waals surface area contributed by atoms with Gasteiger partial charge in [0.15, 0.2) is 6.17 Å². The Morgan fingerprint density at radius 1 is 1.53 bits per heavy atom. The number of isothiocyanates is 1. The molecule has 8 heteroatoms. The number of alkyl carbamates (subject to hydrolysis) is 1. The quantitative estimate of drug-likeness (QED) is 0.494. The minimum Gasteiger partial charge on any atom is -0.447 e. The second-order valence-electron chi connectivity index (χ2n) is 2.76. The first-order valence-electron chi connectivity index (χ1n) is 3.88. The second kappa shape index (κ2) is 6.51. The van der Waals surface area contributed by atoms with Crippen molar-refractivity contribution in [1.29, 1.82) is 0 Å². The van der Waals surface area contributed by atoms with E-state index in [0.29, 0.717) is 0 Å². The third-order valence-corrected chi connectivity index (χ3v) is 1.81. The summed E-state index contributed by atoms with van der Waals surface area (Å²) in [5, 5.41) is 4.25. The summed E-state index contributed by atoms with van der Waals surface area (Å²) < 4.78 is 2.97. The Balaban J connectivity index is 4.43. The average Bonchev–Trinajstić information content (AvgIpc) is 2.00. The van der Waals surface area contributed by atoms with Gasteiger partial charge in [0.05, 0.1) is 11.3 Å². The number of carbonyl (C=O) groups is 1. The van der Waals surface area contributed by atoms with Gasteiger partial charge in [-0.05, 0) is 26.1 Å². The van der Waals surface area contributed by atoms with Crippen LogP contribution in [0.3, 0.4) is 0 Å². The summed E-state index contributed by atoms with van der Waals surface area (Å²) in [5.41, 5.74) is 0. The first kappa shape index (κ1) is 14.9. The molecule has 4 nitrogen and oxygen atoms in total. The van der Waals surface area contributed by atoms with Gasteiger partial charge >= 0.3 is 6.09 Å². The number of rotatable bonds is 3. The number of nitrogens with zero attached hydrogens (tertiary/aromatic N) is 1. The van der Waals surface area contributed by atoms with Crippen molar-refractivity contribution < 1.29 is 9.53 Å².